The Hall–Kier alpha value is -3.42. The Morgan fingerprint density at radius 3 is 2.41 bits per heavy atom. The molecule has 0 N–H and O–H groups in total. The Bertz CT molecular complexity index is 920. The zero-order valence-corrected chi connectivity index (χ0v) is 16.8. The van der Waals surface area contributed by atoms with E-state index in [4.69, 9.17) is 9.47 Å². The van der Waals surface area contributed by atoms with Gasteiger partial charge in [0.05, 0.1) is 24.7 Å². The van der Waals surface area contributed by atoms with E-state index in [1.807, 2.05) is 13.8 Å². The van der Waals surface area contributed by atoms with Crippen LogP contribution in [0.25, 0.3) is 0 Å². The molecule has 1 saturated heterocycles. The van der Waals surface area contributed by atoms with Gasteiger partial charge in [-0.1, -0.05) is 19.9 Å². The van der Waals surface area contributed by atoms with Crippen LogP contribution in [0.2, 0.25) is 0 Å². The molecule has 1 aliphatic rings. The molecule has 0 unspecified atom stereocenters. The molecular formula is C21H23N3O5. The number of amides is 3. The van der Waals surface area contributed by atoms with Gasteiger partial charge in [-0.25, -0.2) is 14.7 Å². The first-order valence-corrected chi connectivity index (χ1v) is 9.11. The number of piperidine rings is 1. The molecule has 0 saturated carbocycles. The van der Waals surface area contributed by atoms with Crippen LogP contribution < -0.4 is 19.3 Å². The fraction of sp³-hybridized carbons (Fsp3) is 0.333. The van der Waals surface area contributed by atoms with E-state index in [-0.39, 0.29) is 36.0 Å². The topological polar surface area (TPSA) is 89.0 Å². The fourth-order valence-corrected chi connectivity index (χ4v) is 3.11. The first kappa shape index (κ1) is 20.3. The second kappa shape index (κ2) is 7.90. The van der Waals surface area contributed by atoms with Crippen molar-refractivity contribution in [2.75, 3.05) is 24.0 Å². The molecule has 0 radical (unpaired) electrons. The Kier molecular flexibility index (Phi) is 5.54. The molecule has 3 amide bonds. The third kappa shape index (κ3) is 4.53. The first-order chi connectivity index (χ1) is 13.7. The first-order valence-electron chi connectivity index (χ1n) is 9.11. The van der Waals surface area contributed by atoms with Crippen LogP contribution >= 0.6 is 0 Å². The second-order valence-electron chi connectivity index (χ2n) is 7.62. The van der Waals surface area contributed by atoms with Gasteiger partial charge in [0.15, 0.2) is 0 Å². The van der Waals surface area contributed by atoms with Gasteiger partial charge in [0.1, 0.15) is 5.75 Å². The number of hydrogen-bond donors (Lipinski definition) is 0. The summed E-state index contributed by atoms with van der Waals surface area (Å²) in [4.78, 5) is 43.6. The summed E-state index contributed by atoms with van der Waals surface area (Å²) < 4.78 is 10.4. The lowest BCUT2D eigenvalue weighted by atomic mass is 9.81. The van der Waals surface area contributed by atoms with E-state index in [9.17, 15) is 14.4 Å². The maximum atomic E-state index is 12.4. The molecule has 152 valence electrons. The summed E-state index contributed by atoms with van der Waals surface area (Å²) in [6, 6.07) is 9.97. The highest BCUT2D eigenvalue weighted by atomic mass is 16.6. The number of imide groups is 1. The van der Waals surface area contributed by atoms with Crippen LogP contribution in [-0.4, -0.2) is 37.0 Å². The normalized spacial score (nSPS) is 15.8. The van der Waals surface area contributed by atoms with Crippen LogP contribution in [0.4, 0.5) is 16.2 Å². The molecule has 2 heterocycles. The molecule has 0 spiro atoms. The zero-order chi connectivity index (χ0) is 21.2. The molecule has 0 aliphatic carbocycles. The van der Waals surface area contributed by atoms with E-state index in [1.54, 1.807) is 38.4 Å². The lowest BCUT2D eigenvalue weighted by Gasteiger charge is -2.34. The van der Waals surface area contributed by atoms with Crippen molar-refractivity contribution in [3.63, 3.8) is 0 Å². The zero-order valence-electron chi connectivity index (χ0n) is 16.8. The summed E-state index contributed by atoms with van der Waals surface area (Å²) in [5.74, 6) is 0.139. The van der Waals surface area contributed by atoms with Crippen molar-refractivity contribution in [3.05, 3.63) is 42.6 Å². The molecule has 8 heteroatoms. The number of hydrogen-bond acceptors (Lipinski definition) is 6. The third-order valence-electron chi connectivity index (χ3n) is 4.64. The highest BCUT2D eigenvalue weighted by Crippen LogP contribution is 2.34. The molecule has 29 heavy (non-hydrogen) atoms. The number of carbonyl (C=O) groups is 3. The SMILES string of the molecule is COc1cccc(N(C)C(=O)Oc2ccc(N3C(=O)CC(C)(C)CC3=O)cn2)c1. The molecule has 0 bridgehead atoms. The molecule has 8 nitrogen and oxygen atoms in total. The molecule has 1 fully saturated rings. The van der Waals surface area contributed by atoms with Crippen molar-refractivity contribution in [3.8, 4) is 11.6 Å². The highest BCUT2D eigenvalue weighted by Gasteiger charge is 2.38. The van der Waals surface area contributed by atoms with Gasteiger partial charge in [-0.2, -0.15) is 0 Å². The molecule has 2 aromatic rings. The molecule has 1 aromatic carbocycles. The Morgan fingerprint density at radius 2 is 1.83 bits per heavy atom. The maximum absolute atomic E-state index is 12.4. The quantitative estimate of drug-likeness (QED) is 0.735. The highest BCUT2D eigenvalue weighted by molar-refractivity contribution is 6.16. The average Bonchev–Trinajstić information content (AvgIpc) is 2.67. The molecule has 1 aromatic heterocycles. The van der Waals surface area contributed by atoms with E-state index < -0.39 is 6.09 Å². The van der Waals surface area contributed by atoms with Crippen LogP contribution in [0.15, 0.2) is 42.6 Å². The number of aromatic nitrogens is 1. The van der Waals surface area contributed by atoms with Gasteiger partial charge in [0, 0.05) is 32.0 Å². The minimum Gasteiger partial charge on any atom is -0.497 e. The number of nitrogens with zero attached hydrogens (tertiary/aromatic N) is 3. The van der Waals surface area contributed by atoms with Gasteiger partial charge in [0.2, 0.25) is 17.7 Å². The molecule has 1 aliphatic heterocycles. The minimum absolute atomic E-state index is 0.0609. The van der Waals surface area contributed by atoms with E-state index in [2.05, 4.69) is 4.98 Å². The van der Waals surface area contributed by atoms with Crippen LogP contribution in [0, 0.1) is 5.41 Å². The van der Waals surface area contributed by atoms with E-state index in [1.165, 1.54) is 23.2 Å². The van der Waals surface area contributed by atoms with Crippen LogP contribution in [0.3, 0.4) is 0 Å². The van der Waals surface area contributed by atoms with Gasteiger partial charge in [-0.3, -0.25) is 14.5 Å². The lowest BCUT2D eigenvalue weighted by Crippen LogP contribution is -2.46. The largest absolute Gasteiger partial charge is 0.497 e. The number of anilines is 2. The van der Waals surface area contributed by atoms with E-state index in [0.29, 0.717) is 17.1 Å². The van der Waals surface area contributed by atoms with Crippen LogP contribution in [-0.2, 0) is 9.59 Å². The fourth-order valence-electron chi connectivity index (χ4n) is 3.11. The van der Waals surface area contributed by atoms with Crippen LogP contribution in [0.1, 0.15) is 26.7 Å². The maximum Gasteiger partial charge on any atom is 0.420 e. The van der Waals surface area contributed by atoms with Gasteiger partial charge < -0.3 is 9.47 Å². The predicted octanol–water partition coefficient (Wildman–Crippen LogP) is 3.41. The van der Waals surface area contributed by atoms with Crippen molar-refractivity contribution in [1.82, 2.24) is 4.98 Å². The molecular weight excluding hydrogens is 374 g/mol. The number of ether oxygens (including phenoxy) is 2. The number of carbonyl (C=O) groups excluding carboxylic acids is 3. The van der Waals surface area contributed by atoms with Crippen LogP contribution in [0.5, 0.6) is 11.6 Å². The van der Waals surface area contributed by atoms with Gasteiger partial charge in [-0.15, -0.1) is 0 Å². The summed E-state index contributed by atoms with van der Waals surface area (Å²) in [6.45, 7) is 3.78. The van der Waals surface area contributed by atoms with Crippen molar-refractivity contribution in [2.45, 2.75) is 26.7 Å². The predicted molar refractivity (Wildman–Crippen MR) is 107 cm³/mol. The van der Waals surface area contributed by atoms with Gasteiger partial charge >= 0.3 is 6.09 Å². The third-order valence-corrected chi connectivity index (χ3v) is 4.64. The van der Waals surface area contributed by atoms with Crippen molar-refractivity contribution >= 4 is 29.3 Å². The van der Waals surface area contributed by atoms with E-state index >= 15 is 0 Å². The van der Waals surface area contributed by atoms with Gasteiger partial charge in [0.25, 0.3) is 0 Å². The standard InChI is InChI=1S/C21H23N3O5/c1-21(2)11-18(25)24(19(26)12-21)15-8-9-17(22-13-15)29-20(27)23(3)14-6-5-7-16(10-14)28-4/h5-10,13H,11-12H2,1-4H3. The lowest BCUT2D eigenvalue weighted by molar-refractivity contribution is -0.132. The summed E-state index contributed by atoms with van der Waals surface area (Å²) >= 11 is 0. The summed E-state index contributed by atoms with van der Waals surface area (Å²) in [6.07, 6.45) is 1.27. The number of benzene rings is 1. The minimum atomic E-state index is -0.634. The molecule has 0 atom stereocenters. The molecule has 3 rings (SSSR count). The monoisotopic (exact) mass is 397 g/mol. The Morgan fingerprint density at radius 1 is 1.14 bits per heavy atom. The number of pyridine rings is 1. The van der Waals surface area contributed by atoms with Crippen molar-refractivity contribution in [1.29, 1.82) is 0 Å². The summed E-state index contributed by atoms with van der Waals surface area (Å²) in [5.41, 5.74) is 0.604. The Labute approximate surface area is 169 Å². The Balaban J connectivity index is 1.69. The number of methoxy groups -OCH3 is 1. The average molecular weight is 397 g/mol. The van der Waals surface area contributed by atoms with Crippen molar-refractivity contribution in [2.24, 2.45) is 5.41 Å². The second-order valence-corrected chi connectivity index (χ2v) is 7.62. The number of rotatable bonds is 4. The summed E-state index contributed by atoms with van der Waals surface area (Å²) in [5, 5.41) is 0. The van der Waals surface area contributed by atoms with E-state index in [0.717, 1.165) is 4.90 Å². The smallest absolute Gasteiger partial charge is 0.420 e. The summed E-state index contributed by atoms with van der Waals surface area (Å²) in [7, 11) is 3.11. The van der Waals surface area contributed by atoms with Crippen molar-refractivity contribution < 1.29 is 23.9 Å². The van der Waals surface area contributed by atoms with Gasteiger partial charge in [-0.05, 0) is 23.6 Å².